The van der Waals surface area contributed by atoms with Crippen LogP contribution in [0.1, 0.15) is 12.1 Å². The minimum Gasteiger partial charge on any atom is -0.353 e. The molecule has 0 N–H and O–H groups in total. The van der Waals surface area contributed by atoms with Gasteiger partial charge in [-0.1, -0.05) is 0 Å². The second-order valence-electron chi connectivity index (χ2n) is 4.20. The molecule has 3 heterocycles. The van der Waals surface area contributed by atoms with Gasteiger partial charge in [-0.25, -0.2) is 9.50 Å². The number of hydrogen-bond donors (Lipinski definition) is 0. The van der Waals surface area contributed by atoms with E-state index in [1.165, 1.54) is 0 Å². The zero-order valence-corrected chi connectivity index (χ0v) is 9.85. The molecule has 5 heteroatoms. The molecule has 1 unspecified atom stereocenters. The van der Waals surface area contributed by atoms with Crippen molar-refractivity contribution in [2.75, 3.05) is 18.0 Å². The van der Waals surface area contributed by atoms with Crippen LogP contribution >= 0.6 is 11.6 Å². The van der Waals surface area contributed by atoms with Crippen LogP contribution in [0.4, 0.5) is 5.82 Å². The Labute approximate surface area is 98.8 Å². The third-order valence-electron chi connectivity index (χ3n) is 2.92. The van der Waals surface area contributed by atoms with E-state index in [1.807, 2.05) is 17.6 Å². The van der Waals surface area contributed by atoms with Gasteiger partial charge in [0.25, 0.3) is 0 Å². The monoisotopic (exact) mass is 236 g/mol. The normalized spacial score (nSPS) is 20.9. The van der Waals surface area contributed by atoms with E-state index in [2.05, 4.69) is 21.0 Å². The molecule has 4 nitrogen and oxygen atoms in total. The minimum atomic E-state index is 0.242. The fourth-order valence-corrected chi connectivity index (χ4v) is 2.45. The van der Waals surface area contributed by atoms with E-state index in [0.29, 0.717) is 0 Å². The van der Waals surface area contributed by atoms with Crippen LogP contribution in [-0.4, -0.2) is 33.1 Å². The molecule has 2 aromatic rings. The lowest BCUT2D eigenvalue weighted by Gasteiger charge is -2.16. The first-order chi connectivity index (χ1) is 7.74. The first-order valence-corrected chi connectivity index (χ1v) is 5.88. The number of aryl methyl sites for hydroxylation is 1. The first-order valence-electron chi connectivity index (χ1n) is 5.44. The highest BCUT2D eigenvalue weighted by atomic mass is 35.5. The van der Waals surface area contributed by atoms with E-state index in [4.69, 9.17) is 11.6 Å². The SMILES string of the molecule is Cc1cc2c(N3CCC(Cl)C3)nccn2n1. The molecule has 84 valence electrons. The minimum absolute atomic E-state index is 0.242. The summed E-state index contributed by atoms with van der Waals surface area (Å²) in [6.07, 6.45) is 4.69. The second kappa shape index (κ2) is 3.63. The summed E-state index contributed by atoms with van der Waals surface area (Å²) in [6, 6.07) is 2.06. The number of fused-ring (bicyclic) bond motifs is 1. The lowest BCUT2D eigenvalue weighted by atomic mass is 10.4. The number of hydrogen-bond acceptors (Lipinski definition) is 3. The summed E-state index contributed by atoms with van der Waals surface area (Å²) in [5.41, 5.74) is 2.07. The maximum atomic E-state index is 6.12. The molecule has 16 heavy (non-hydrogen) atoms. The summed E-state index contributed by atoms with van der Waals surface area (Å²) in [5.74, 6) is 0.992. The zero-order valence-electron chi connectivity index (χ0n) is 9.10. The molecule has 0 aliphatic carbocycles. The molecule has 1 saturated heterocycles. The Hall–Kier alpha value is -1.29. The van der Waals surface area contributed by atoms with Gasteiger partial charge < -0.3 is 4.90 Å². The van der Waals surface area contributed by atoms with Crippen molar-refractivity contribution in [1.82, 2.24) is 14.6 Å². The number of aromatic nitrogens is 3. The van der Waals surface area contributed by atoms with E-state index in [1.54, 1.807) is 6.20 Å². The number of rotatable bonds is 1. The maximum absolute atomic E-state index is 6.12. The highest BCUT2D eigenvalue weighted by molar-refractivity contribution is 6.21. The van der Waals surface area contributed by atoms with Crippen LogP contribution in [0.3, 0.4) is 0 Å². The van der Waals surface area contributed by atoms with E-state index in [0.717, 1.165) is 36.5 Å². The van der Waals surface area contributed by atoms with Crippen molar-refractivity contribution in [3.63, 3.8) is 0 Å². The van der Waals surface area contributed by atoms with Crippen molar-refractivity contribution in [1.29, 1.82) is 0 Å². The molecule has 0 spiro atoms. The molecule has 1 aliphatic rings. The predicted octanol–water partition coefficient (Wildman–Crippen LogP) is 1.86. The second-order valence-corrected chi connectivity index (χ2v) is 4.82. The zero-order chi connectivity index (χ0) is 11.1. The molecule has 0 aromatic carbocycles. The summed E-state index contributed by atoms with van der Waals surface area (Å²) in [7, 11) is 0. The molecule has 0 bridgehead atoms. The van der Waals surface area contributed by atoms with Crippen LogP contribution in [0.15, 0.2) is 18.5 Å². The van der Waals surface area contributed by atoms with Gasteiger partial charge in [0.15, 0.2) is 5.82 Å². The fraction of sp³-hybridized carbons (Fsp3) is 0.455. The molecule has 3 rings (SSSR count). The predicted molar refractivity (Wildman–Crippen MR) is 64.2 cm³/mol. The molecule has 0 saturated carbocycles. The third kappa shape index (κ3) is 1.53. The Morgan fingerprint density at radius 2 is 2.38 bits per heavy atom. The molecule has 1 atom stereocenters. The lowest BCUT2D eigenvalue weighted by molar-refractivity contribution is 0.890. The van der Waals surface area contributed by atoms with Gasteiger partial charge in [-0.3, -0.25) is 0 Å². The number of halogens is 1. The van der Waals surface area contributed by atoms with Gasteiger partial charge in [-0.05, 0) is 19.4 Å². The Morgan fingerprint density at radius 1 is 1.50 bits per heavy atom. The van der Waals surface area contributed by atoms with Crippen molar-refractivity contribution in [2.24, 2.45) is 0 Å². The average molecular weight is 237 g/mol. The fourth-order valence-electron chi connectivity index (χ4n) is 2.18. The van der Waals surface area contributed by atoms with E-state index < -0.39 is 0 Å². The molecule has 1 fully saturated rings. The van der Waals surface area contributed by atoms with Crippen LogP contribution in [-0.2, 0) is 0 Å². The van der Waals surface area contributed by atoms with Crippen LogP contribution in [0.5, 0.6) is 0 Å². The van der Waals surface area contributed by atoms with Crippen LogP contribution < -0.4 is 4.90 Å². The maximum Gasteiger partial charge on any atom is 0.154 e. The summed E-state index contributed by atoms with van der Waals surface area (Å²) in [5, 5.41) is 4.62. The quantitative estimate of drug-likeness (QED) is 0.709. The third-order valence-corrected chi connectivity index (χ3v) is 3.28. The van der Waals surface area contributed by atoms with Gasteiger partial charge in [-0.15, -0.1) is 11.6 Å². The van der Waals surface area contributed by atoms with Crippen molar-refractivity contribution >= 4 is 22.9 Å². The average Bonchev–Trinajstić information content (AvgIpc) is 2.82. The van der Waals surface area contributed by atoms with Crippen molar-refractivity contribution in [3.05, 3.63) is 24.2 Å². The van der Waals surface area contributed by atoms with Gasteiger partial charge in [-0.2, -0.15) is 5.10 Å². The van der Waals surface area contributed by atoms with Gasteiger partial charge in [0.1, 0.15) is 5.52 Å². The summed E-state index contributed by atoms with van der Waals surface area (Å²) >= 11 is 6.12. The highest BCUT2D eigenvalue weighted by Gasteiger charge is 2.23. The molecular weight excluding hydrogens is 224 g/mol. The topological polar surface area (TPSA) is 33.4 Å². The molecule has 0 radical (unpaired) electrons. The van der Waals surface area contributed by atoms with Gasteiger partial charge in [0.05, 0.1) is 11.1 Å². The van der Waals surface area contributed by atoms with E-state index in [-0.39, 0.29) is 5.38 Å². The standard InChI is InChI=1S/C11H13ClN4/c1-8-6-10-11(13-3-5-16(10)14-8)15-4-2-9(12)7-15/h3,5-6,9H,2,4,7H2,1H3. The lowest BCUT2D eigenvalue weighted by Crippen LogP contribution is -2.21. The van der Waals surface area contributed by atoms with Crippen LogP contribution in [0.2, 0.25) is 0 Å². The Bertz CT molecular complexity index is 522. The summed E-state index contributed by atoms with van der Waals surface area (Å²) in [6.45, 7) is 3.84. The van der Waals surface area contributed by atoms with Gasteiger partial charge in [0.2, 0.25) is 0 Å². The number of alkyl halides is 1. The Morgan fingerprint density at radius 3 is 3.12 bits per heavy atom. The Balaban J connectivity index is 2.09. The van der Waals surface area contributed by atoms with E-state index >= 15 is 0 Å². The first kappa shape index (κ1) is 9.90. The van der Waals surface area contributed by atoms with Gasteiger partial charge >= 0.3 is 0 Å². The number of anilines is 1. The smallest absolute Gasteiger partial charge is 0.154 e. The molecule has 2 aromatic heterocycles. The Kier molecular flexibility index (Phi) is 2.24. The van der Waals surface area contributed by atoms with E-state index in [9.17, 15) is 0 Å². The molecule has 1 aliphatic heterocycles. The molecular formula is C11H13ClN4. The van der Waals surface area contributed by atoms with Crippen molar-refractivity contribution < 1.29 is 0 Å². The van der Waals surface area contributed by atoms with Crippen molar-refractivity contribution in [3.8, 4) is 0 Å². The van der Waals surface area contributed by atoms with Crippen molar-refractivity contribution in [2.45, 2.75) is 18.7 Å². The summed E-state index contributed by atoms with van der Waals surface area (Å²) in [4.78, 5) is 6.67. The highest BCUT2D eigenvalue weighted by Crippen LogP contribution is 2.25. The van der Waals surface area contributed by atoms with Crippen LogP contribution in [0.25, 0.3) is 5.52 Å². The molecule has 0 amide bonds. The largest absolute Gasteiger partial charge is 0.353 e. The number of nitrogens with zero attached hydrogens (tertiary/aromatic N) is 4. The summed E-state index contributed by atoms with van der Waals surface area (Å²) < 4.78 is 1.87. The van der Waals surface area contributed by atoms with Gasteiger partial charge in [0, 0.05) is 25.5 Å². The van der Waals surface area contributed by atoms with Crippen LogP contribution in [0, 0.1) is 6.92 Å².